The quantitative estimate of drug-likeness (QED) is 0.147. The summed E-state index contributed by atoms with van der Waals surface area (Å²) in [6, 6.07) is 12.6. The van der Waals surface area contributed by atoms with Gasteiger partial charge in [0.05, 0.1) is 25.3 Å². The van der Waals surface area contributed by atoms with Crippen LogP contribution in [0, 0.1) is 0 Å². The normalized spacial score (nSPS) is 14.2. The smallest absolute Gasteiger partial charge is 0.338 e. The van der Waals surface area contributed by atoms with E-state index in [1.165, 1.54) is 0 Å². The minimum Gasteiger partial charge on any atom is -0.394 e. The molecule has 0 bridgehead atoms. The number of benzene rings is 2. The topological polar surface area (TPSA) is 194 Å². The van der Waals surface area contributed by atoms with Crippen LogP contribution in [-0.4, -0.2) is 71.3 Å². The highest BCUT2D eigenvalue weighted by molar-refractivity contribution is 5.95. The van der Waals surface area contributed by atoms with E-state index >= 15 is 0 Å². The molecule has 35 heavy (non-hydrogen) atoms. The number of hydrogen-bond acceptors (Lipinski definition) is 9. The zero-order valence-electron chi connectivity index (χ0n) is 19.0. The van der Waals surface area contributed by atoms with Crippen LogP contribution in [0.2, 0.25) is 0 Å². The summed E-state index contributed by atoms with van der Waals surface area (Å²) >= 11 is 0. The van der Waals surface area contributed by atoms with Crippen molar-refractivity contribution < 1.29 is 34.1 Å². The molecular formula is C24H30N4O7. The summed E-state index contributed by atoms with van der Waals surface area (Å²) in [4.78, 5) is 49.2. The number of amides is 2. The van der Waals surface area contributed by atoms with Crippen LogP contribution in [0.15, 0.2) is 60.7 Å². The molecule has 2 aromatic carbocycles. The number of esters is 2. The van der Waals surface area contributed by atoms with Crippen LogP contribution in [0.3, 0.4) is 0 Å². The maximum atomic E-state index is 12.3. The Kier molecular flexibility index (Phi) is 11.0. The molecule has 0 aliphatic carbocycles. The van der Waals surface area contributed by atoms with Gasteiger partial charge in [-0.1, -0.05) is 60.7 Å². The number of aliphatic hydroxyl groups excluding tert-OH is 2. The van der Waals surface area contributed by atoms with E-state index in [0.29, 0.717) is 0 Å². The average Bonchev–Trinajstić information content (AvgIpc) is 2.86. The number of carbonyl (C=O) groups is 4. The highest BCUT2D eigenvalue weighted by Gasteiger charge is 2.30. The Morgan fingerprint density at radius 2 is 1.03 bits per heavy atom. The fourth-order valence-electron chi connectivity index (χ4n) is 3.08. The Hall–Kier alpha value is -3.64. The molecule has 4 atom stereocenters. The number of ether oxygens (including phenoxy) is 1. The summed E-state index contributed by atoms with van der Waals surface area (Å²) in [6.07, 6.45) is 0.362. The van der Waals surface area contributed by atoms with Gasteiger partial charge in [0.1, 0.15) is 0 Å². The molecule has 0 aromatic heterocycles. The molecule has 0 spiro atoms. The van der Waals surface area contributed by atoms with E-state index in [1.807, 2.05) is 12.1 Å². The predicted molar refractivity (Wildman–Crippen MR) is 125 cm³/mol. The van der Waals surface area contributed by atoms with Crippen LogP contribution in [0.5, 0.6) is 0 Å². The molecule has 0 radical (unpaired) electrons. The molecule has 0 unspecified atom stereocenters. The Labute approximate surface area is 202 Å². The Balaban J connectivity index is 1.88. The van der Waals surface area contributed by atoms with Crippen LogP contribution >= 0.6 is 0 Å². The third-order valence-corrected chi connectivity index (χ3v) is 5.04. The number of nitrogens with one attached hydrogen (secondary N) is 2. The van der Waals surface area contributed by atoms with E-state index in [2.05, 4.69) is 15.4 Å². The summed E-state index contributed by atoms with van der Waals surface area (Å²) in [5.74, 6) is -4.04. The van der Waals surface area contributed by atoms with Gasteiger partial charge in [0.25, 0.3) is 0 Å². The van der Waals surface area contributed by atoms with Crippen LogP contribution in [-0.2, 0) is 36.8 Å². The molecule has 11 nitrogen and oxygen atoms in total. The van der Waals surface area contributed by atoms with E-state index in [-0.39, 0.29) is 12.8 Å². The van der Waals surface area contributed by atoms with Gasteiger partial charge in [0.2, 0.25) is 11.8 Å². The fourth-order valence-corrected chi connectivity index (χ4v) is 3.08. The van der Waals surface area contributed by atoms with Gasteiger partial charge < -0.3 is 37.1 Å². The number of nitrogens with two attached hydrogens (primary N) is 2. The highest BCUT2D eigenvalue weighted by atomic mass is 16.6. The first-order chi connectivity index (χ1) is 16.7. The van der Waals surface area contributed by atoms with E-state index < -0.39 is 61.1 Å². The van der Waals surface area contributed by atoms with Gasteiger partial charge in [0, 0.05) is 0 Å². The first-order valence-electron chi connectivity index (χ1n) is 10.9. The Morgan fingerprint density at radius 1 is 0.686 bits per heavy atom. The van der Waals surface area contributed by atoms with E-state index in [1.54, 1.807) is 48.5 Å². The summed E-state index contributed by atoms with van der Waals surface area (Å²) in [5, 5.41) is 23.4. The van der Waals surface area contributed by atoms with Gasteiger partial charge in [-0.2, -0.15) is 0 Å². The molecule has 2 rings (SSSR count). The van der Waals surface area contributed by atoms with Gasteiger partial charge in [-0.25, -0.2) is 9.59 Å². The largest absolute Gasteiger partial charge is 0.394 e. The maximum absolute atomic E-state index is 12.3. The van der Waals surface area contributed by atoms with Crippen LogP contribution in [0.25, 0.3) is 0 Å². The second-order valence-electron chi connectivity index (χ2n) is 7.82. The van der Waals surface area contributed by atoms with Crippen molar-refractivity contribution in [1.29, 1.82) is 0 Å². The molecule has 2 aromatic rings. The zero-order valence-corrected chi connectivity index (χ0v) is 19.0. The van der Waals surface area contributed by atoms with Crippen molar-refractivity contribution in [3.05, 3.63) is 71.8 Å². The van der Waals surface area contributed by atoms with Crippen LogP contribution in [0.4, 0.5) is 0 Å². The second-order valence-corrected chi connectivity index (χ2v) is 7.82. The van der Waals surface area contributed by atoms with Crippen molar-refractivity contribution >= 4 is 23.8 Å². The number of carbonyl (C=O) groups excluding carboxylic acids is 4. The van der Waals surface area contributed by atoms with Crippen molar-refractivity contribution in [2.75, 3.05) is 13.2 Å². The van der Waals surface area contributed by atoms with Crippen molar-refractivity contribution in [3.8, 4) is 0 Å². The Bertz CT molecular complexity index is 908. The fraction of sp³-hybridized carbons (Fsp3) is 0.333. The monoisotopic (exact) mass is 486 g/mol. The molecule has 0 aliphatic rings. The molecule has 11 heteroatoms. The third kappa shape index (κ3) is 8.91. The number of hydrogen-bond donors (Lipinski definition) is 6. The number of aliphatic hydroxyl groups is 2. The van der Waals surface area contributed by atoms with Crippen molar-refractivity contribution in [1.82, 2.24) is 10.6 Å². The number of rotatable bonds is 12. The van der Waals surface area contributed by atoms with Gasteiger partial charge in [-0.15, -0.1) is 0 Å². The van der Waals surface area contributed by atoms with Gasteiger partial charge in [0.15, 0.2) is 12.1 Å². The molecule has 0 heterocycles. The maximum Gasteiger partial charge on any atom is 0.338 e. The molecule has 8 N–H and O–H groups in total. The average molecular weight is 487 g/mol. The molecule has 0 saturated heterocycles. The Morgan fingerprint density at radius 3 is 1.34 bits per heavy atom. The molecule has 0 fully saturated rings. The minimum atomic E-state index is -1.58. The lowest BCUT2D eigenvalue weighted by Crippen LogP contribution is -2.54. The third-order valence-electron chi connectivity index (χ3n) is 5.04. The van der Waals surface area contributed by atoms with Gasteiger partial charge >= 0.3 is 11.9 Å². The summed E-state index contributed by atoms with van der Waals surface area (Å²) in [5.41, 5.74) is 13.3. The van der Waals surface area contributed by atoms with Crippen LogP contribution < -0.4 is 22.1 Å². The SMILES string of the molecule is N[C@@H](Cc1ccccc1)C(=O)N[C@@H](CO)C(=O)OC(=O)[C@H](CO)NC(=O)[C@@H](N)Cc1ccccc1. The summed E-state index contributed by atoms with van der Waals surface area (Å²) < 4.78 is 4.65. The van der Waals surface area contributed by atoms with Crippen LogP contribution in [0.1, 0.15) is 11.1 Å². The summed E-state index contributed by atoms with van der Waals surface area (Å²) in [7, 11) is 0. The van der Waals surface area contributed by atoms with Crippen molar-refractivity contribution in [2.45, 2.75) is 37.0 Å². The molecular weight excluding hydrogens is 456 g/mol. The minimum absolute atomic E-state index is 0.181. The lowest BCUT2D eigenvalue weighted by molar-refractivity contribution is -0.165. The lowest BCUT2D eigenvalue weighted by atomic mass is 10.1. The van der Waals surface area contributed by atoms with E-state index in [0.717, 1.165) is 11.1 Å². The van der Waals surface area contributed by atoms with Gasteiger partial charge in [-0.3, -0.25) is 9.59 Å². The molecule has 0 aliphatic heterocycles. The van der Waals surface area contributed by atoms with Crippen molar-refractivity contribution in [2.24, 2.45) is 11.5 Å². The molecule has 0 saturated carbocycles. The lowest BCUT2D eigenvalue weighted by Gasteiger charge is -2.20. The zero-order chi connectivity index (χ0) is 25.8. The summed E-state index contributed by atoms with van der Waals surface area (Å²) in [6.45, 7) is -1.73. The first-order valence-corrected chi connectivity index (χ1v) is 10.9. The highest BCUT2D eigenvalue weighted by Crippen LogP contribution is 2.04. The first kappa shape index (κ1) is 27.6. The van der Waals surface area contributed by atoms with E-state index in [9.17, 15) is 29.4 Å². The predicted octanol–water partition coefficient (Wildman–Crippen LogP) is -1.85. The van der Waals surface area contributed by atoms with E-state index in [4.69, 9.17) is 11.5 Å². The standard InChI is InChI=1S/C24H30N4O7/c25-17(11-15-7-3-1-4-8-15)21(31)27-19(13-29)23(33)35-24(34)20(14-30)28-22(32)18(26)12-16-9-5-2-6-10-16/h1-10,17-20,29-30H,11-14,25-26H2,(H,27,31)(H,28,32)/t17-,18-,19-,20-/m0/s1. The second kappa shape index (κ2) is 13.9. The van der Waals surface area contributed by atoms with Gasteiger partial charge in [-0.05, 0) is 24.0 Å². The van der Waals surface area contributed by atoms with Crippen molar-refractivity contribution in [3.63, 3.8) is 0 Å². The molecule has 188 valence electrons. The molecule has 2 amide bonds.